The van der Waals surface area contributed by atoms with Crippen molar-refractivity contribution in [3.05, 3.63) is 59.7 Å². The molecule has 0 radical (unpaired) electrons. The molecule has 1 saturated heterocycles. The van der Waals surface area contributed by atoms with Gasteiger partial charge in [-0.25, -0.2) is 0 Å². The molecule has 3 amide bonds. The number of ether oxygens (including phenoxy) is 1. The summed E-state index contributed by atoms with van der Waals surface area (Å²) in [5, 5.41) is 5.96. The molecule has 0 unspecified atom stereocenters. The SMILES string of the molecule is COc1ccccc1C(=O)N1[C@@H](CC(=O)Nc2ccccc2C)C(=O)N[C@H]2CCCC[C@@H]21. The average molecular weight is 436 g/mol. The van der Waals surface area contributed by atoms with Crippen LogP contribution < -0.4 is 15.4 Å². The number of piperazine rings is 1. The van der Waals surface area contributed by atoms with Gasteiger partial charge in [-0.1, -0.05) is 43.2 Å². The zero-order valence-electron chi connectivity index (χ0n) is 18.5. The van der Waals surface area contributed by atoms with Gasteiger partial charge in [0.15, 0.2) is 0 Å². The smallest absolute Gasteiger partial charge is 0.258 e. The van der Waals surface area contributed by atoms with E-state index < -0.39 is 6.04 Å². The summed E-state index contributed by atoms with van der Waals surface area (Å²) >= 11 is 0. The molecule has 0 bridgehead atoms. The average Bonchev–Trinajstić information content (AvgIpc) is 2.80. The highest BCUT2D eigenvalue weighted by atomic mass is 16.5. The highest BCUT2D eigenvalue weighted by Gasteiger charge is 2.46. The first-order valence-corrected chi connectivity index (χ1v) is 11.1. The second kappa shape index (κ2) is 9.42. The Morgan fingerprint density at radius 2 is 1.81 bits per heavy atom. The standard InChI is InChI=1S/C25H29N3O4/c1-16-9-3-5-11-18(16)26-23(29)15-21-24(30)27-19-12-6-7-13-20(19)28(21)25(31)17-10-4-8-14-22(17)32-2/h3-5,8-11,14,19-21H,6-7,12-13,15H2,1-2H3,(H,26,29)(H,27,30)/t19-,20-,21-/m0/s1. The molecule has 2 aliphatic rings. The number of amides is 3. The number of hydrogen-bond acceptors (Lipinski definition) is 4. The molecule has 1 aliphatic carbocycles. The number of methoxy groups -OCH3 is 1. The Morgan fingerprint density at radius 3 is 2.59 bits per heavy atom. The zero-order chi connectivity index (χ0) is 22.7. The second-order valence-electron chi connectivity index (χ2n) is 8.46. The van der Waals surface area contributed by atoms with Crippen molar-refractivity contribution in [1.82, 2.24) is 10.2 Å². The molecule has 2 N–H and O–H groups in total. The van der Waals surface area contributed by atoms with Gasteiger partial charge in [0.05, 0.1) is 25.1 Å². The molecule has 3 atom stereocenters. The number of anilines is 1. The van der Waals surface area contributed by atoms with Gasteiger partial charge < -0.3 is 20.3 Å². The van der Waals surface area contributed by atoms with Crippen LogP contribution in [0.25, 0.3) is 0 Å². The molecule has 32 heavy (non-hydrogen) atoms. The summed E-state index contributed by atoms with van der Waals surface area (Å²) < 4.78 is 5.40. The predicted molar refractivity (Wildman–Crippen MR) is 122 cm³/mol. The first-order chi connectivity index (χ1) is 15.5. The number of benzene rings is 2. The molecule has 4 rings (SSSR count). The molecule has 0 aromatic heterocycles. The van der Waals surface area contributed by atoms with E-state index in [1.165, 1.54) is 7.11 Å². The van der Waals surface area contributed by atoms with Crippen molar-refractivity contribution in [2.45, 2.75) is 57.2 Å². The summed E-state index contributed by atoms with van der Waals surface area (Å²) in [4.78, 5) is 41.4. The number of rotatable bonds is 5. The molecule has 1 aliphatic heterocycles. The van der Waals surface area contributed by atoms with E-state index in [0.717, 1.165) is 31.2 Å². The summed E-state index contributed by atoms with van der Waals surface area (Å²) in [6.45, 7) is 1.91. The van der Waals surface area contributed by atoms with Crippen molar-refractivity contribution in [1.29, 1.82) is 0 Å². The molecular weight excluding hydrogens is 406 g/mol. The maximum absolute atomic E-state index is 13.7. The highest BCUT2D eigenvalue weighted by Crippen LogP contribution is 2.32. The van der Waals surface area contributed by atoms with E-state index in [-0.39, 0.29) is 36.2 Å². The lowest BCUT2D eigenvalue weighted by Gasteiger charge is -2.48. The number of carbonyl (C=O) groups excluding carboxylic acids is 3. The van der Waals surface area contributed by atoms with E-state index in [0.29, 0.717) is 17.0 Å². The minimum atomic E-state index is -0.879. The summed E-state index contributed by atoms with van der Waals surface area (Å²) in [5.41, 5.74) is 2.04. The molecule has 168 valence electrons. The number of para-hydroxylation sites is 2. The van der Waals surface area contributed by atoms with E-state index in [9.17, 15) is 14.4 Å². The van der Waals surface area contributed by atoms with E-state index >= 15 is 0 Å². The Kier molecular flexibility index (Phi) is 6.44. The van der Waals surface area contributed by atoms with Crippen LogP contribution in [0.3, 0.4) is 0 Å². The Hall–Kier alpha value is -3.35. The Balaban J connectivity index is 1.63. The Labute approximate surface area is 188 Å². The Bertz CT molecular complexity index is 1020. The van der Waals surface area contributed by atoms with Crippen LogP contribution in [0, 0.1) is 6.92 Å². The Morgan fingerprint density at radius 1 is 1.09 bits per heavy atom. The van der Waals surface area contributed by atoms with Crippen LogP contribution >= 0.6 is 0 Å². The van der Waals surface area contributed by atoms with Crippen LogP contribution in [-0.4, -0.2) is 47.9 Å². The second-order valence-corrected chi connectivity index (χ2v) is 8.46. The molecule has 2 fully saturated rings. The largest absolute Gasteiger partial charge is 0.496 e. The molecule has 7 heteroatoms. The minimum Gasteiger partial charge on any atom is -0.496 e. The van der Waals surface area contributed by atoms with Gasteiger partial charge in [-0.15, -0.1) is 0 Å². The normalized spacial score (nSPS) is 22.5. The van der Waals surface area contributed by atoms with Gasteiger partial charge in [0.25, 0.3) is 5.91 Å². The summed E-state index contributed by atoms with van der Waals surface area (Å²) in [5.74, 6) is -0.398. The van der Waals surface area contributed by atoms with Crippen LogP contribution in [0.1, 0.15) is 48.0 Å². The molecule has 2 aromatic rings. The lowest BCUT2D eigenvalue weighted by molar-refractivity contribution is -0.135. The third kappa shape index (κ3) is 4.33. The molecule has 1 heterocycles. The molecule has 7 nitrogen and oxygen atoms in total. The minimum absolute atomic E-state index is 0.0920. The van der Waals surface area contributed by atoms with E-state index in [1.807, 2.05) is 31.2 Å². The lowest BCUT2D eigenvalue weighted by atomic mass is 9.84. The van der Waals surface area contributed by atoms with Gasteiger partial charge in [0.2, 0.25) is 11.8 Å². The van der Waals surface area contributed by atoms with Crippen molar-refractivity contribution >= 4 is 23.4 Å². The first-order valence-electron chi connectivity index (χ1n) is 11.1. The summed E-state index contributed by atoms with van der Waals surface area (Å²) in [6.07, 6.45) is 3.51. The van der Waals surface area contributed by atoms with Crippen molar-refractivity contribution < 1.29 is 19.1 Å². The molecule has 0 spiro atoms. The fraction of sp³-hybridized carbons (Fsp3) is 0.400. The van der Waals surface area contributed by atoms with E-state index in [2.05, 4.69) is 10.6 Å². The number of carbonyl (C=O) groups is 3. The van der Waals surface area contributed by atoms with Crippen LogP contribution in [0.4, 0.5) is 5.69 Å². The van der Waals surface area contributed by atoms with Crippen molar-refractivity contribution in [2.75, 3.05) is 12.4 Å². The zero-order valence-corrected chi connectivity index (χ0v) is 18.5. The number of aryl methyl sites for hydroxylation is 1. The fourth-order valence-corrected chi connectivity index (χ4v) is 4.78. The summed E-state index contributed by atoms with van der Waals surface area (Å²) in [6, 6.07) is 13.4. The summed E-state index contributed by atoms with van der Waals surface area (Å²) in [7, 11) is 1.52. The fourth-order valence-electron chi connectivity index (χ4n) is 4.78. The number of nitrogens with zero attached hydrogens (tertiary/aromatic N) is 1. The van der Waals surface area contributed by atoms with Crippen molar-refractivity contribution in [3.63, 3.8) is 0 Å². The maximum Gasteiger partial charge on any atom is 0.258 e. The van der Waals surface area contributed by atoms with Gasteiger partial charge in [-0.05, 0) is 43.5 Å². The van der Waals surface area contributed by atoms with E-state index in [1.54, 1.807) is 29.2 Å². The monoisotopic (exact) mass is 435 g/mol. The van der Waals surface area contributed by atoms with E-state index in [4.69, 9.17) is 4.74 Å². The van der Waals surface area contributed by atoms with Gasteiger partial charge in [0, 0.05) is 11.7 Å². The van der Waals surface area contributed by atoms with Gasteiger partial charge in [-0.2, -0.15) is 0 Å². The van der Waals surface area contributed by atoms with Crippen molar-refractivity contribution in [2.24, 2.45) is 0 Å². The molecular formula is C25H29N3O4. The third-order valence-electron chi connectivity index (χ3n) is 6.42. The maximum atomic E-state index is 13.7. The molecule has 2 aromatic carbocycles. The lowest BCUT2D eigenvalue weighted by Crippen LogP contribution is -2.68. The number of hydrogen-bond donors (Lipinski definition) is 2. The predicted octanol–water partition coefficient (Wildman–Crippen LogP) is 3.28. The topological polar surface area (TPSA) is 87.7 Å². The third-order valence-corrected chi connectivity index (χ3v) is 6.42. The van der Waals surface area contributed by atoms with Gasteiger partial charge in [-0.3, -0.25) is 14.4 Å². The quantitative estimate of drug-likeness (QED) is 0.755. The van der Waals surface area contributed by atoms with Crippen LogP contribution in [0.15, 0.2) is 48.5 Å². The van der Waals surface area contributed by atoms with Crippen LogP contribution in [-0.2, 0) is 9.59 Å². The van der Waals surface area contributed by atoms with Crippen LogP contribution in [0.2, 0.25) is 0 Å². The van der Waals surface area contributed by atoms with Crippen molar-refractivity contribution in [3.8, 4) is 5.75 Å². The first kappa shape index (κ1) is 21.9. The molecule has 1 saturated carbocycles. The number of nitrogens with one attached hydrogen (secondary N) is 2. The van der Waals surface area contributed by atoms with Crippen LogP contribution in [0.5, 0.6) is 5.75 Å². The van der Waals surface area contributed by atoms with Gasteiger partial charge in [0.1, 0.15) is 11.8 Å². The number of fused-ring (bicyclic) bond motifs is 1. The van der Waals surface area contributed by atoms with Gasteiger partial charge >= 0.3 is 0 Å². The highest BCUT2D eigenvalue weighted by molar-refractivity contribution is 6.03.